The van der Waals surface area contributed by atoms with Gasteiger partial charge in [0.05, 0.1) is 15.7 Å². The Morgan fingerprint density at radius 3 is 3.21 bits per heavy atom. The fourth-order valence-electron chi connectivity index (χ4n) is 1.47. The van der Waals surface area contributed by atoms with Gasteiger partial charge in [0.1, 0.15) is 6.33 Å². The molecule has 0 amide bonds. The summed E-state index contributed by atoms with van der Waals surface area (Å²) in [4.78, 5) is 21.9. The van der Waals surface area contributed by atoms with Crippen molar-refractivity contribution in [3.8, 4) is 0 Å². The van der Waals surface area contributed by atoms with Gasteiger partial charge in [-0.2, -0.15) is 0 Å². The van der Waals surface area contributed by atoms with E-state index < -0.39 is 0 Å². The maximum absolute atomic E-state index is 11.2. The Hall–Kier alpha value is -1.75. The molecule has 2 heterocycles. The highest BCUT2D eigenvalue weighted by molar-refractivity contribution is 7.17. The average molecular weight is 203 g/mol. The van der Waals surface area contributed by atoms with Crippen LogP contribution in [0.5, 0.6) is 0 Å². The number of aromatic amines is 1. The van der Waals surface area contributed by atoms with E-state index in [9.17, 15) is 4.79 Å². The van der Waals surface area contributed by atoms with Crippen LogP contribution in [-0.4, -0.2) is 15.0 Å². The van der Waals surface area contributed by atoms with Crippen LogP contribution in [0, 0.1) is 0 Å². The number of fused-ring (bicyclic) bond motifs is 3. The topological polar surface area (TPSA) is 58.6 Å². The third-order valence-electron chi connectivity index (χ3n) is 2.07. The van der Waals surface area contributed by atoms with Crippen LogP contribution in [0.4, 0.5) is 0 Å². The van der Waals surface area contributed by atoms with Crippen molar-refractivity contribution in [3.05, 3.63) is 34.3 Å². The molecule has 3 aromatic rings. The first-order valence-corrected chi connectivity index (χ1v) is 4.88. The van der Waals surface area contributed by atoms with Crippen molar-refractivity contribution in [1.82, 2.24) is 15.0 Å². The van der Waals surface area contributed by atoms with E-state index in [1.54, 1.807) is 6.20 Å². The first kappa shape index (κ1) is 7.64. The maximum Gasteiger partial charge on any atom is 0.305 e. The Kier molecular flexibility index (Phi) is 1.43. The van der Waals surface area contributed by atoms with Crippen LogP contribution >= 0.6 is 11.3 Å². The molecule has 0 aliphatic carbocycles. The number of benzene rings is 1. The summed E-state index contributed by atoms with van der Waals surface area (Å²) in [5, 5.41) is 0.924. The zero-order chi connectivity index (χ0) is 9.54. The molecule has 0 unspecified atom stereocenters. The number of hydrogen-bond acceptors (Lipinski definition) is 4. The van der Waals surface area contributed by atoms with Gasteiger partial charge in [0.2, 0.25) is 0 Å². The van der Waals surface area contributed by atoms with Crippen LogP contribution < -0.4 is 4.87 Å². The van der Waals surface area contributed by atoms with Gasteiger partial charge in [0, 0.05) is 11.6 Å². The number of nitrogens with one attached hydrogen (secondary N) is 1. The molecule has 0 atom stereocenters. The molecule has 0 saturated carbocycles. The molecule has 2 aromatic heterocycles. The van der Waals surface area contributed by atoms with Gasteiger partial charge in [-0.25, -0.2) is 9.97 Å². The lowest BCUT2D eigenvalue weighted by molar-refractivity contribution is 1.23. The summed E-state index contributed by atoms with van der Waals surface area (Å²) >= 11 is 1.19. The maximum atomic E-state index is 11.2. The largest absolute Gasteiger partial charge is 0.312 e. The Balaban J connectivity index is 2.66. The van der Waals surface area contributed by atoms with E-state index in [-0.39, 0.29) is 4.87 Å². The van der Waals surface area contributed by atoms with E-state index in [1.807, 2.05) is 12.1 Å². The SMILES string of the molecule is O=c1[nH]c2ccc3ncncc3c2s1. The molecule has 1 aromatic carbocycles. The van der Waals surface area contributed by atoms with Crippen LogP contribution in [0.15, 0.2) is 29.5 Å². The fraction of sp³-hybridized carbons (Fsp3) is 0. The quantitative estimate of drug-likeness (QED) is 0.602. The lowest BCUT2D eigenvalue weighted by atomic mass is 10.2. The van der Waals surface area contributed by atoms with Crippen LogP contribution in [0.1, 0.15) is 0 Å². The first-order valence-electron chi connectivity index (χ1n) is 4.06. The van der Waals surface area contributed by atoms with Crippen LogP contribution in [0.2, 0.25) is 0 Å². The molecule has 1 N–H and O–H groups in total. The van der Waals surface area contributed by atoms with E-state index in [2.05, 4.69) is 15.0 Å². The van der Waals surface area contributed by atoms with Crippen LogP contribution in [0.25, 0.3) is 21.1 Å². The molecule has 0 spiro atoms. The molecule has 5 heteroatoms. The molecule has 0 bridgehead atoms. The predicted octanol–water partition coefficient (Wildman–Crippen LogP) is 1.53. The Morgan fingerprint density at radius 2 is 2.29 bits per heavy atom. The number of H-pyrrole nitrogens is 1. The van der Waals surface area contributed by atoms with Crippen molar-refractivity contribution in [3.63, 3.8) is 0 Å². The number of hydrogen-bond donors (Lipinski definition) is 1. The van der Waals surface area contributed by atoms with E-state index in [0.717, 1.165) is 21.1 Å². The monoisotopic (exact) mass is 203 g/mol. The van der Waals surface area contributed by atoms with Gasteiger partial charge in [0.25, 0.3) is 0 Å². The zero-order valence-corrected chi connectivity index (χ0v) is 7.84. The number of rotatable bonds is 0. The summed E-state index contributed by atoms with van der Waals surface area (Å²) in [7, 11) is 0. The van der Waals surface area contributed by atoms with Crippen molar-refractivity contribution in [2.24, 2.45) is 0 Å². The van der Waals surface area contributed by atoms with Crippen molar-refractivity contribution >= 4 is 32.5 Å². The normalized spacial score (nSPS) is 11.1. The van der Waals surface area contributed by atoms with E-state index >= 15 is 0 Å². The Morgan fingerprint density at radius 1 is 1.36 bits per heavy atom. The minimum Gasteiger partial charge on any atom is -0.312 e. The summed E-state index contributed by atoms with van der Waals surface area (Å²) in [5.74, 6) is 0. The van der Waals surface area contributed by atoms with Gasteiger partial charge in [-0.3, -0.25) is 4.79 Å². The lowest BCUT2D eigenvalue weighted by Gasteiger charge is -1.95. The average Bonchev–Trinajstić information content (AvgIpc) is 2.59. The molecular weight excluding hydrogens is 198 g/mol. The van der Waals surface area contributed by atoms with Crippen LogP contribution in [-0.2, 0) is 0 Å². The van der Waals surface area contributed by atoms with E-state index in [1.165, 1.54) is 17.7 Å². The second-order valence-electron chi connectivity index (χ2n) is 2.91. The Bertz CT molecular complexity index is 670. The minimum atomic E-state index is -0.0450. The van der Waals surface area contributed by atoms with Crippen molar-refractivity contribution < 1.29 is 0 Å². The zero-order valence-electron chi connectivity index (χ0n) is 7.02. The molecule has 0 fully saturated rings. The molecule has 0 saturated heterocycles. The van der Waals surface area contributed by atoms with Gasteiger partial charge in [-0.05, 0) is 12.1 Å². The van der Waals surface area contributed by atoms with Crippen molar-refractivity contribution in [2.75, 3.05) is 0 Å². The second kappa shape index (κ2) is 2.62. The lowest BCUT2D eigenvalue weighted by Crippen LogP contribution is -1.89. The molecule has 0 radical (unpaired) electrons. The van der Waals surface area contributed by atoms with E-state index in [0.29, 0.717) is 0 Å². The third kappa shape index (κ3) is 0.958. The van der Waals surface area contributed by atoms with Gasteiger partial charge in [-0.15, -0.1) is 0 Å². The van der Waals surface area contributed by atoms with Crippen molar-refractivity contribution in [2.45, 2.75) is 0 Å². The highest BCUT2D eigenvalue weighted by atomic mass is 32.1. The van der Waals surface area contributed by atoms with Crippen molar-refractivity contribution in [1.29, 1.82) is 0 Å². The summed E-state index contributed by atoms with van der Waals surface area (Å²) < 4.78 is 0.924. The number of nitrogens with zero attached hydrogens (tertiary/aromatic N) is 2. The molecule has 14 heavy (non-hydrogen) atoms. The van der Waals surface area contributed by atoms with Gasteiger partial charge in [0.15, 0.2) is 0 Å². The minimum absolute atomic E-state index is 0.0450. The summed E-state index contributed by atoms with van der Waals surface area (Å²) in [5.41, 5.74) is 1.71. The predicted molar refractivity (Wildman–Crippen MR) is 55.5 cm³/mol. The fourth-order valence-corrected chi connectivity index (χ4v) is 2.31. The van der Waals surface area contributed by atoms with Gasteiger partial charge >= 0.3 is 4.87 Å². The standard InChI is InChI=1S/C9H5N3OS/c13-9-12-7-2-1-6-5(8(7)14-9)3-10-4-11-6/h1-4H,(H,12,13). The summed E-state index contributed by atoms with van der Waals surface area (Å²) in [6.07, 6.45) is 3.23. The van der Waals surface area contributed by atoms with E-state index in [4.69, 9.17) is 0 Å². The molecule has 0 aliphatic heterocycles. The molecule has 4 nitrogen and oxygen atoms in total. The number of thiazole rings is 1. The van der Waals surface area contributed by atoms with Gasteiger partial charge < -0.3 is 4.98 Å². The first-order chi connectivity index (χ1) is 6.84. The Labute approximate surface area is 82.3 Å². The molecule has 68 valence electrons. The highest BCUT2D eigenvalue weighted by Gasteiger charge is 2.04. The number of aromatic nitrogens is 3. The second-order valence-corrected chi connectivity index (χ2v) is 3.90. The summed E-state index contributed by atoms with van der Waals surface area (Å²) in [6, 6.07) is 3.74. The molecular formula is C9H5N3OS. The van der Waals surface area contributed by atoms with Gasteiger partial charge in [-0.1, -0.05) is 11.3 Å². The van der Waals surface area contributed by atoms with Crippen LogP contribution in [0.3, 0.4) is 0 Å². The summed E-state index contributed by atoms with van der Waals surface area (Å²) in [6.45, 7) is 0. The highest BCUT2D eigenvalue weighted by Crippen LogP contribution is 2.23. The molecule has 3 rings (SSSR count). The third-order valence-corrected chi connectivity index (χ3v) is 3.00. The molecule has 0 aliphatic rings. The smallest absolute Gasteiger partial charge is 0.305 e.